The summed E-state index contributed by atoms with van der Waals surface area (Å²) in [6.45, 7) is 1.77. The summed E-state index contributed by atoms with van der Waals surface area (Å²) in [7, 11) is -4.12. The number of aromatic carboxylic acids is 1. The Morgan fingerprint density at radius 3 is 1.88 bits per heavy atom. The number of nitrogens with one attached hydrogen (secondary N) is 2. The van der Waals surface area contributed by atoms with E-state index in [0.29, 0.717) is 44.6 Å². The van der Waals surface area contributed by atoms with Gasteiger partial charge in [-0.25, -0.2) is 13.2 Å². The van der Waals surface area contributed by atoms with Crippen molar-refractivity contribution >= 4 is 148 Å². The predicted octanol–water partition coefficient (Wildman–Crippen LogP) is 6.05. The molecule has 0 bridgehead atoms. The number of aliphatic carboxylic acids is 1. The molecule has 4 aromatic rings. The molecule has 1 aliphatic rings. The Balaban J connectivity index is 0.00000420. The molecule has 0 unspecified atom stereocenters. The van der Waals surface area contributed by atoms with Gasteiger partial charge in [-0.1, -0.05) is 37.3 Å². The normalized spacial score (nSPS) is 15.5. The predicted molar refractivity (Wildman–Crippen MR) is 208 cm³/mol. The van der Waals surface area contributed by atoms with Gasteiger partial charge in [0.25, 0.3) is 11.8 Å². The first kappa shape index (κ1) is 48.1. The Morgan fingerprint density at radius 1 is 0.750 bits per heavy atom. The summed E-state index contributed by atoms with van der Waals surface area (Å²) >= 11 is 0. The van der Waals surface area contributed by atoms with Gasteiger partial charge in [0.05, 0.1) is 33.2 Å². The number of aryl methyl sites for hydroxylation is 2. The second-order valence-corrected chi connectivity index (χ2v) is 14.8. The third-order valence-corrected chi connectivity index (χ3v) is 11.4. The summed E-state index contributed by atoms with van der Waals surface area (Å²) in [5.74, 6) is -4.28. The monoisotopic (exact) mass is 845 g/mol. The molecule has 0 spiro atoms. The van der Waals surface area contributed by atoms with Crippen LogP contribution in [-0.4, -0.2) is 162 Å². The Hall–Kier alpha value is -2.27. The van der Waals surface area contributed by atoms with Crippen molar-refractivity contribution in [2.24, 2.45) is 5.92 Å². The number of rotatable bonds is 13. The average Bonchev–Trinajstić information content (AvgIpc) is 3.14. The quantitative estimate of drug-likeness (QED) is 0.118. The number of alkyl halides is 3. The van der Waals surface area contributed by atoms with Crippen LogP contribution >= 0.6 is 0 Å². The molecule has 1 fully saturated rings. The molecule has 17 heteroatoms. The molecule has 0 aromatic heterocycles. The maximum atomic E-state index is 13.7. The zero-order valence-electron chi connectivity index (χ0n) is 29.1. The van der Waals surface area contributed by atoms with Crippen molar-refractivity contribution in [1.29, 1.82) is 0 Å². The van der Waals surface area contributed by atoms with Crippen molar-refractivity contribution < 1.29 is 51.0 Å². The molecule has 56 heavy (non-hydrogen) atoms. The van der Waals surface area contributed by atoms with Gasteiger partial charge in [-0.3, -0.25) is 14.4 Å². The number of carbonyl (C=O) groups is 4. The number of anilines is 2. The van der Waals surface area contributed by atoms with E-state index in [2.05, 4.69) is 10.6 Å². The van der Waals surface area contributed by atoms with Crippen molar-refractivity contribution in [2.75, 3.05) is 17.2 Å². The second-order valence-electron chi connectivity index (χ2n) is 12.9. The summed E-state index contributed by atoms with van der Waals surface area (Å²) in [5, 5.41) is 23.4. The molecule has 0 aliphatic heterocycles. The standard InChI is InChI=1S/C39H38F3N3O8S.2K.2H/c1-2-45(31-19-14-27(15-20-31)38(50)51)54(52,53)32-5-3-4-28(22-32)35(46)44-34-21-16-29(39(40,41)42)23-33(34)36(47)43-30-17-10-25(11-18-30)7-6-24-8-12-26(13-9-24)37(48)49;;;;/h3-5,8-13,16-18,21-23,27,31H,2,6-7,14-15,19-20H2,1H3,(H,43,47)(H,44,46)(H,48,49)(H,50,51);;;;. The van der Waals surface area contributed by atoms with Gasteiger partial charge >= 0.3 is 121 Å². The first-order valence-electron chi connectivity index (χ1n) is 17.2. The van der Waals surface area contributed by atoms with E-state index >= 15 is 0 Å². The summed E-state index contributed by atoms with van der Waals surface area (Å²) in [6, 6.07) is 20.1. The fraction of sp³-hybridized carbons (Fsp3) is 0.282. The number of hydrogen-bond acceptors (Lipinski definition) is 6. The zero-order valence-corrected chi connectivity index (χ0v) is 29.9. The van der Waals surface area contributed by atoms with Crippen LogP contribution in [-0.2, 0) is 33.8 Å². The summed E-state index contributed by atoms with van der Waals surface area (Å²) in [6.07, 6.45) is -2.21. The van der Waals surface area contributed by atoms with Crippen LogP contribution in [0.1, 0.15) is 80.4 Å². The molecular weight excluding hydrogens is 806 g/mol. The Kier molecular flexibility index (Phi) is 18.1. The molecule has 0 saturated heterocycles. The van der Waals surface area contributed by atoms with E-state index in [9.17, 15) is 45.9 Å². The van der Waals surface area contributed by atoms with Crippen LogP contribution < -0.4 is 10.6 Å². The van der Waals surface area contributed by atoms with E-state index in [1.165, 1.54) is 34.6 Å². The molecule has 1 saturated carbocycles. The number of amides is 2. The fourth-order valence-corrected chi connectivity index (χ4v) is 8.18. The number of carboxylic acid groups (broad SMARTS) is 2. The summed E-state index contributed by atoms with van der Waals surface area (Å²) < 4.78 is 69.9. The number of sulfonamides is 1. The van der Waals surface area contributed by atoms with Crippen LogP contribution in [0.3, 0.4) is 0 Å². The van der Waals surface area contributed by atoms with Crippen molar-refractivity contribution in [3.63, 3.8) is 0 Å². The number of benzene rings is 4. The van der Waals surface area contributed by atoms with E-state index in [4.69, 9.17) is 5.11 Å². The third kappa shape index (κ3) is 12.4. The van der Waals surface area contributed by atoms with E-state index in [1.54, 1.807) is 43.3 Å². The first-order chi connectivity index (χ1) is 25.6. The molecule has 0 heterocycles. The molecular formula is C39H40F3K2N3O8S. The SMILES string of the molecule is CCN(C1CCC(C(=O)O)CC1)S(=O)(=O)c1cccc(C(=O)Nc2ccc(C(F)(F)F)cc2C(=O)Nc2ccc(CCc3ccc(C(=O)O)cc3)cc2)c1.[KH].[KH]. The van der Waals surface area contributed by atoms with Crippen molar-refractivity contribution in [3.8, 4) is 0 Å². The zero-order chi connectivity index (χ0) is 39.2. The second kappa shape index (κ2) is 21.1. The third-order valence-electron chi connectivity index (χ3n) is 9.42. The van der Waals surface area contributed by atoms with Gasteiger partial charge < -0.3 is 20.8 Å². The van der Waals surface area contributed by atoms with Gasteiger partial charge in [0.1, 0.15) is 0 Å². The number of nitrogens with zero attached hydrogens (tertiary/aromatic N) is 1. The summed E-state index contributed by atoms with van der Waals surface area (Å²) in [4.78, 5) is 49.1. The van der Waals surface area contributed by atoms with Crippen molar-refractivity contribution in [2.45, 2.75) is 62.6 Å². The van der Waals surface area contributed by atoms with Crippen LogP contribution in [0.25, 0.3) is 0 Å². The Labute approximate surface area is 407 Å². The molecule has 4 N–H and O–H groups in total. The van der Waals surface area contributed by atoms with Gasteiger partial charge in [0.15, 0.2) is 0 Å². The summed E-state index contributed by atoms with van der Waals surface area (Å²) in [5.41, 5.74) is 0.294. The van der Waals surface area contributed by atoms with Crippen LogP contribution in [0.4, 0.5) is 24.5 Å². The topological polar surface area (TPSA) is 170 Å². The van der Waals surface area contributed by atoms with Gasteiger partial charge in [-0.2, -0.15) is 17.5 Å². The molecule has 5 rings (SSSR count). The van der Waals surface area contributed by atoms with E-state index in [-0.39, 0.29) is 137 Å². The number of hydrogen-bond donors (Lipinski definition) is 4. The molecule has 0 radical (unpaired) electrons. The molecule has 2 amide bonds. The van der Waals surface area contributed by atoms with Gasteiger partial charge in [0, 0.05) is 23.8 Å². The molecule has 288 valence electrons. The van der Waals surface area contributed by atoms with Gasteiger partial charge in [-0.15, -0.1) is 0 Å². The van der Waals surface area contributed by atoms with E-state index in [1.807, 2.05) is 0 Å². The van der Waals surface area contributed by atoms with Crippen LogP contribution in [0.5, 0.6) is 0 Å². The van der Waals surface area contributed by atoms with Crippen molar-refractivity contribution in [1.82, 2.24) is 4.31 Å². The molecule has 1 aliphatic carbocycles. The van der Waals surface area contributed by atoms with E-state index in [0.717, 1.165) is 29.3 Å². The molecule has 11 nitrogen and oxygen atoms in total. The van der Waals surface area contributed by atoms with Gasteiger partial charge in [-0.05, 0) is 110 Å². The van der Waals surface area contributed by atoms with Crippen molar-refractivity contribution in [3.05, 3.63) is 124 Å². The van der Waals surface area contributed by atoms with Crippen LogP contribution in [0, 0.1) is 5.92 Å². The number of carbonyl (C=O) groups excluding carboxylic acids is 2. The number of carboxylic acids is 2. The van der Waals surface area contributed by atoms with Crippen LogP contribution in [0.2, 0.25) is 0 Å². The minimum atomic E-state index is -4.80. The molecule has 0 atom stereocenters. The molecule has 4 aromatic carbocycles. The van der Waals surface area contributed by atoms with Gasteiger partial charge in [0.2, 0.25) is 10.0 Å². The van der Waals surface area contributed by atoms with E-state index < -0.39 is 63.0 Å². The maximum absolute atomic E-state index is 13.7. The Bertz CT molecular complexity index is 2140. The number of halogens is 3. The first-order valence-corrected chi connectivity index (χ1v) is 18.6. The Morgan fingerprint density at radius 2 is 1.34 bits per heavy atom. The minimum absolute atomic E-state index is 0. The average molecular weight is 846 g/mol. The fourth-order valence-electron chi connectivity index (χ4n) is 6.44. The van der Waals surface area contributed by atoms with Crippen LogP contribution in [0.15, 0.2) is 95.9 Å².